The van der Waals surface area contributed by atoms with Crippen LogP contribution < -0.4 is 16.4 Å². The van der Waals surface area contributed by atoms with Crippen LogP contribution in [0.5, 0.6) is 11.5 Å². The van der Waals surface area contributed by atoms with E-state index in [1.807, 2.05) is 0 Å². The Morgan fingerprint density at radius 2 is 1.06 bits per heavy atom. The van der Waals surface area contributed by atoms with Crippen molar-refractivity contribution in [3.05, 3.63) is 77.6 Å². The molecule has 0 spiro atoms. The smallest absolute Gasteiger partial charge is 0.481 e. The molecule has 0 aromatic heterocycles. The van der Waals surface area contributed by atoms with Crippen LogP contribution in [-0.4, -0.2) is 46.7 Å². The second kappa shape index (κ2) is 10.1. The zero-order valence-electron chi connectivity index (χ0n) is 16.3. The van der Waals surface area contributed by atoms with E-state index in [1.54, 1.807) is 0 Å². The van der Waals surface area contributed by atoms with E-state index in [4.69, 9.17) is 9.14 Å². The number of aromatic hydroxyl groups is 2. The van der Waals surface area contributed by atoms with Gasteiger partial charge in [0.2, 0.25) is 0 Å². The molecule has 0 aliphatic rings. The molecule has 0 aliphatic carbocycles. The van der Waals surface area contributed by atoms with Gasteiger partial charge in [-0.25, -0.2) is 13.2 Å². The molecule has 3 aromatic rings. The van der Waals surface area contributed by atoms with Gasteiger partial charge < -0.3 is 34.5 Å². The Balaban J connectivity index is 1.95. The fourth-order valence-electron chi connectivity index (χ4n) is 2.95. The van der Waals surface area contributed by atoms with Gasteiger partial charge >= 0.3 is 21.4 Å². The Morgan fingerprint density at radius 3 is 1.47 bits per heavy atom. The van der Waals surface area contributed by atoms with Gasteiger partial charge in [0.1, 0.15) is 29.0 Å². The Hall–Kier alpha value is -2.96. The maximum Gasteiger partial charge on any atom is 0.481 e. The summed E-state index contributed by atoms with van der Waals surface area (Å²) in [6.45, 7) is -0.661. The molecule has 3 rings (SSSR count). The highest BCUT2D eigenvalue weighted by Crippen LogP contribution is 2.13. The highest BCUT2D eigenvalue weighted by atomic mass is 19.1. The van der Waals surface area contributed by atoms with E-state index in [2.05, 4.69) is 0 Å². The van der Waals surface area contributed by atoms with Crippen molar-refractivity contribution in [3.8, 4) is 11.5 Å². The van der Waals surface area contributed by atoms with Crippen LogP contribution in [0.1, 0.15) is 5.56 Å². The predicted octanol–water partition coefficient (Wildman–Crippen LogP) is -0.489. The van der Waals surface area contributed by atoms with Crippen molar-refractivity contribution < 1.29 is 47.7 Å². The first kappa shape index (κ1) is 23.7. The van der Waals surface area contributed by atoms with Crippen molar-refractivity contribution >= 4 is 37.7 Å². The van der Waals surface area contributed by atoms with Gasteiger partial charge in [0.25, 0.3) is 0 Å². The maximum absolute atomic E-state index is 13.6. The van der Waals surface area contributed by atoms with Crippen LogP contribution in [0.3, 0.4) is 0 Å². The number of phenols is 2. The van der Waals surface area contributed by atoms with E-state index in [0.29, 0.717) is 0 Å². The number of aliphatic hydroxyl groups is 1. The number of hydrogen-bond acceptors (Lipinski definition) is 7. The van der Waals surface area contributed by atoms with Crippen LogP contribution in [0.15, 0.2) is 54.6 Å². The van der Waals surface area contributed by atoms with Crippen molar-refractivity contribution in [2.24, 2.45) is 0 Å². The topological polar surface area (TPSA) is 120 Å². The molecular formula is C19H16B3F3O7. The summed E-state index contributed by atoms with van der Waals surface area (Å²) in [5.41, 5.74) is -0.505. The molecule has 0 saturated carbocycles. The Labute approximate surface area is 181 Å². The average molecular weight is 446 g/mol. The normalized spacial score (nSPS) is 10.8. The minimum Gasteiger partial charge on any atom is -0.508 e. The average Bonchev–Trinajstić information content (AvgIpc) is 2.72. The Bertz CT molecular complexity index is 1050. The van der Waals surface area contributed by atoms with Gasteiger partial charge in [0.15, 0.2) is 0 Å². The zero-order chi connectivity index (χ0) is 23.4. The standard InChI is InChI=1S/C19H16B3F3O7/c23-12-1-4-15(11(7-12)10-26)22(31-20(29)16-5-2-13(24)8-18(16)27)32-21(30)17-6-3-14(25)9-19(17)28/h1-9,26-30H,10H2. The molecule has 5 N–H and O–H groups in total. The second-order valence-corrected chi connectivity index (χ2v) is 6.72. The lowest BCUT2D eigenvalue weighted by Gasteiger charge is -2.22. The molecule has 0 amide bonds. The third-order valence-corrected chi connectivity index (χ3v) is 4.55. The van der Waals surface area contributed by atoms with Gasteiger partial charge in [0, 0.05) is 23.1 Å². The molecule has 0 fully saturated rings. The van der Waals surface area contributed by atoms with Crippen molar-refractivity contribution in [1.82, 2.24) is 0 Å². The lowest BCUT2D eigenvalue weighted by Crippen LogP contribution is -2.52. The van der Waals surface area contributed by atoms with E-state index < -0.39 is 56.9 Å². The second-order valence-electron chi connectivity index (χ2n) is 6.72. The van der Waals surface area contributed by atoms with Gasteiger partial charge in [-0.15, -0.1) is 0 Å². The molecular weight excluding hydrogens is 430 g/mol. The van der Waals surface area contributed by atoms with E-state index in [-0.39, 0.29) is 22.0 Å². The molecule has 0 bridgehead atoms. The number of aliphatic hydroxyl groups excluding tert-OH is 1. The molecule has 7 nitrogen and oxygen atoms in total. The summed E-state index contributed by atoms with van der Waals surface area (Å²) in [4.78, 5) is 0. The number of halogens is 3. The number of rotatable bonds is 8. The summed E-state index contributed by atoms with van der Waals surface area (Å²) in [7, 11) is -5.51. The lowest BCUT2D eigenvalue weighted by atomic mass is 9.66. The van der Waals surface area contributed by atoms with Gasteiger partial charge in [-0.1, -0.05) is 18.2 Å². The minimum absolute atomic E-state index is 0.00444. The van der Waals surface area contributed by atoms with Crippen LogP contribution in [0.2, 0.25) is 0 Å². The first-order valence-electron chi connectivity index (χ1n) is 9.22. The Morgan fingerprint density at radius 1 is 0.656 bits per heavy atom. The first-order chi connectivity index (χ1) is 15.2. The molecule has 0 unspecified atom stereocenters. The van der Waals surface area contributed by atoms with Crippen LogP contribution in [-0.2, 0) is 15.8 Å². The molecule has 0 aliphatic heterocycles. The van der Waals surface area contributed by atoms with E-state index in [9.17, 15) is 38.5 Å². The summed E-state index contributed by atoms with van der Waals surface area (Å²) < 4.78 is 50.9. The van der Waals surface area contributed by atoms with Crippen molar-refractivity contribution in [2.45, 2.75) is 6.61 Å². The third kappa shape index (κ3) is 5.45. The Kier molecular flexibility index (Phi) is 7.49. The van der Waals surface area contributed by atoms with Crippen LogP contribution in [0.25, 0.3) is 0 Å². The number of benzene rings is 3. The molecule has 32 heavy (non-hydrogen) atoms. The van der Waals surface area contributed by atoms with Crippen LogP contribution >= 0.6 is 0 Å². The summed E-state index contributed by atoms with van der Waals surface area (Å²) >= 11 is 0. The molecule has 0 saturated heterocycles. The maximum atomic E-state index is 13.6. The van der Waals surface area contributed by atoms with Gasteiger partial charge in [-0.3, -0.25) is 0 Å². The SMILES string of the molecule is OCc1cc(F)ccc1B(OB(O)c1ccc(F)cc1O)OB(O)c1ccc(F)cc1O. The first-order valence-corrected chi connectivity index (χ1v) is 9.22. The minimum atomic E-state index is -1.91. The summed E-state index contributed by atoms with van der Waals surface area (Å²) in [6, 6.07) is 8.63. The van der Waals surface area contributed by atoms with Gasteiger partial charge in [-0.05, 0) is 35.3 Å². The van der Waals surface area contributed by atoms with E-state index in [0.717, 1.165) is 48.5 Å². The van der Waals surface area contributed by atoms with Crippen LogP contribution in [0, 0.1) is 17.5 Å². The summed E-state index contributed by atoms with van der Waals surface area (Å²) in [6.07, 6.45) is 0. The zero-order valence-corrected chi connectivity index (χ0v) is 16.3. The number of phenolic OH excluding ortho intramolecular Hbond substituents is 2. The van der Waals surface area contributed by atoms with Crippen molar-refractivity contribution in [3.63, 3.8) is 0 Å². The summed E-state index contributed by atoms with van der Waals surface area (Å²) in [5, 5.41) is 50.2. The predicted molar refractivity (Wildman–Crippen MR) is 111 cm³/mol. The third-order valence-electron chi connectivity index (χ3n) is 4.55. The van der Waals surface area contributed by atoms with Crippen LogP contribution in [0.4, 0.5) is 13.2 Å². The number of hydrogen-bond donors (Lipinski definition) is 5. The summed E-state index contributed by atoms with van der Waals surface area (Å²) in [5.74, 6) is -3.49. The fraction of sp³-hybridized carbons (Fsp3) is 0.0526. The quantitative estimate of drug-likeness (QED) is 0.297. The van der Waals surface area contributed by atoms with Crippen molar-refractivity contribution in [2.75, 3.05) is 0 Å². The van der Waals surface area contributed by atoms with E-state index >= 15 is 0 Å². The van der Waals surface area contributed by atoms with Crippen molar-refractivity contribution in [1.29, 1.82) is 0 Å². The molecule has 0 radical (unpaired) electrons. The highest BCUT2D eigenvalue weighted by molar-refractivity contribution is 6.79. The molecule has 0 atom stereocenters. The monoisotopic (exact) mass is 446 g/mol. The molecule has 3 aromatic carbocycles. The molecule has 0 heterocycles. The van der Waals surface area contributed by atoms with Gasteiger partial charge in [-0.2, -0.15) is 0 Å². The lowest BCUT2D eigenvalue weighted by molar-refractivity contribution is 0.281. The molecule has 13 heteroatoms. The largest absolute Gasteiger partial charge is 0.508 e. The van der Waals surface area contributed by atoms with E-state index in [1.165, 1.54) is 6.07 Å². The molecule has 164 valence electrons. The van der Waals surface area contributed by atoms with Gasteiger partial charge in [0.05, 0.1) is 6.61 Å². The highest BCUT2D eigenvalue weighted by Gasteiger charge is 2.36. The fourth-order valence-corrected chi connectivity index (χ4v) is 2.95.